The number of benzene rings is 2. The lowest BCUT2D eigenvalue weighted by Crippen LogP contribution is -2.29. The normalized spacial score (nSPS) is 13.5. The molecule has 2 amide bonds. The van der Waals surface area contributed by atoms with Crippen LogP contribution in [0.2, 0.25) is 0 Å². The first kappa shape index (κ1) is 14.1. The minimum Gasteiger partial charge on any atom is -0.464 e. The number of aromatic amines is 1. The third-order valence-electron chi connectivity index (χ3n) is 3.98. The molecule has 2 aromatic carbocycles. The van der Waals surface area contributed by atoms with E-state index < -0.39 is 17.8 Å². The predicted molar refractivity (Wildman–Crippen MR) is 85.0 cm³/mol. The molecule has 4 rings (SSSR count). The Bertz CT molecular complexity index is 987. The number of hydrogen-bond donors (Lipinski definition) is 1. The van der Waals surface area contributed by atoms with E-state index in [9.17, 15) is 14.4 Å². The van der Waals surface area contributed by atoms with Crippen LogP contribution >= 0.6 is 0 Å². The molecule has 1 aromatic heterocycles. The first-order chi connectivity index (χ1) is 11.6. The van der Waals surface area contributed by atoms with Crippen LogP contribution in [0.3, 0.4) is 0 Å². The lowest BCUT2D eigenvalue weighted by molar-refractivity contribution is 0.0596. The number of carbonyl (C=O) groups is 3. The van der Waals surface area contributed by atoms with Crippen LogP contribution in [0.5, 0.6) is 0 Å². The fourth-order valence-corrected chi connectivity index (χ4v) is 2.82. The Morgan fingerprint density at radius 2 is 1.75 bits per heavy atom. The van der Waals surface area contributed by atoms with Crippen LogP contribution in [0.1, 0.15) is 31.2 Å². The van der Waals surface area contributed by atoms with Crippen LogP contribution in [0, 0.1) is 0 Å². The highest BCUT2D eigenvalue weighted by atomic mass is 16.5. The second-order valence-electron chi connectivity index (χ2n) is 5.28. The van der Waals surface area contributed by atoms with Gasteiger partial charge in [0.2, 0.25) is 0 Å². The minimum atomic E-state index is -0.597. The van der Waals surface area contributed by atoms with Crippen LogP contribution in [-0.4, -0.2) is 35.1 Å². The van der Waals surface area contributed by atoms with E-state index >= 15 is 0 Å². The molecule has 0 saturated heterocycles. The lowest BCUT2D eigenvalue weighted by atomic mass is 10.1. The molecule has 2 heterocycles. The molecular formula is C17H11N3O4. The van der Waals surface area contributed by atoms with Gasteiger partial charge in [0.1, 0.15) is 0 Å². The summed E-state index contributed by atoms with van der Waals surface area (Å²) in [5, 5.41) is 7.13. The standard InChI is InChI=1S/C17H11N3O4/c1-24-17(23)14-12-8-9(6-7-13(12)18-19-14)20-15(21)10-4-2-3-5-11(10)16(20)22/h2-8H,1H3,(H,18,19). The van der Waals surface area contributed by atoms with Crippen molar-refractivity contribution in [1.29, 1.82) is 0 Å². The third kappa shape index (κ3) is 1.84. The van der Waals surface area contributed by atoms with Crippen molar-refractivity contribution >= 4 is 34.4 Å². The summed E-state index contributed by atoms with van der Waals surface area (Å²) < 4.78 is 4.69. The maximum absolute atomic E-state index is 12.5. The zero-order valence-electron chi connectivity index (χ0n) is 12.6. The first-order valence-electron chi connectivity index (χ1n) is 7.16. The smallest absolute Gasteiger partial charge is 0.359 e. The predicted octanol–water partition coefficient (Wildman–Crippen LogP) is 2.15. The number of imide groups is 1. The Morgan fingerprint density at radius 1 is 1.08 bits per heavy atom. The molecule has 1 aliphatic heterocycles. The Kier molecular flexibility index (Phi) is 2.96. The maximum atomic E-state index is 12.5. The number of amides is 2. The van der Waals surface area contributed by atoms with Crippen molar-refractivity contribution in [1.82, 2.24) is 10.2 Å². The number of carbonyl (C=O) groups excluding carboxylic acids is 3. The number of methoxy groups -OCH3 is 1. The van der Waals surface area contributed by atoms with E-state index in [-0.39, 0.29) is 5.69 Å². The minimum absolute atomic E-state index is 0.103. The highest BCUT2D eigenvalue weighted by molar-refractivity contribution is 6.34. The number of esters is 1. The molecule has 24 heavy (non-hydrogen) atoms. The van der Waals surface area contributed by atoms with Gasteiger partial charge in [0, 0.05) is 5.39 Å². The van der Waals surface area contributed by atoms with E-state index in [0.717, 1.165) is 4.90 Å². The molecule has 0 unspecified atom stereocenters. The maximum Gasteiger partial charge on any atom is 0.359 e. The van der Waals surface area contributed by atoms with Gasteiger partial charge in [-0.2, -0.15) is 5.10 Å². The molecule has 0 fully saturated rings. The van der Waals surface area contributed by atoms with Crippen LogP contribution in [0.25, 0.3) is 10.9 Å². The third-order valence-corrected chi connectivity index (χ3v) is 3.98. The zero-order chi connectivity index (χ0) is 16.8. The van der Waals surface area contributed by atoms with Gasteiger partial charge in [-0.15, -0.1) is 0 Å². The quantitative estimate of drug-likeness (QED) is 0.577. The number of aromatic nitrogens is 2. The van der Waals surface area contributed by atoms with E-state index in [2.05, 4.69) is 10.2 Å². The number of ether oxygens (including phenoxy) is 1. The molecule has 0 saturated carbocycles. The van der Waals surface area contributed by atoms with Gasteiger partial charge >= 0.3 is 5.97 Å². The molecule has 0 spiro atoms. The Balaban J connectivity index is 1.85. The number of nitrogens with zero attached hydrogens (tertiary/aromatic N) is 2. The summed E-state index contributed by atoms with van der Waals surface area (Å²) in [7, 11) is 1.26. The molecule has 0 radical (unpaired) electrons. The van der Waals surface area contributed by atoms with E-state index in [1.165, 1.54) is 7.11 Å². The van der Waals surface area contributed by atoms with E-state index in [1.807, 2.05) is 0 Å². The fraction of sp³-hybridized carbons (Fsp3) is 0.0588. The number of anilines is 1. The number of rotatable bonds is 2. The lowest BCUT2D eigenvalue weighted by Gasteiger charge is -2.13. The molecule has 1 aliphatic rings. The van der Waals surface area contributed by atoms with E-state index in [4.69, 9.17) is 4.74 Å². The Labute approximate surface area is 135 Å². The van der Waals surface area contributed by atoms with Crippen LogP contribution in [0.4, 0.5) is 5.69 Å². The highest BCUT2D eigenvalue weighted by Gasteiger charge is 2.36. The monoisotopic (exact) mass is 321 g/mol. The van der Waals surface area contributed by atoms with Crippen LogP contribution < -0.4 is 4.90 Å². The SMILES string of the molecule is COC(=O)c1n[nH]c2ccc(N3C(=O)c4ccccc4C3=O)cc12. The van der Waals surface area contributed by atoms with Gasteiger partial charge in [0.25, 0.3) is 11.8 Å². The van der Waals surface area contributed by atoms with Gasteiger partial charge in [-0.1, -0.05) is 12.1 Å². The van der Waals surface area contributed by atoms with Crippen molar-refractivity contribution in [2.45, 2.75) is 0 Å². The molecule has 1 N–H and O–H groups in total. The summed E-state index contributed by atoms with van der Waals surface area (Å²) in [6.45, 7) is 0. The van der Waals surface area contributed by atoms with Gasteiger partial charge < -0.3 is 4.74 Å². The summed E-state index contributed by atoms with van der Waals surface area (Å²) in [5.74, 6) is -1.38. The Hall–Kier alpha value is -3.48. The van der Waals surface area contributed by atoms with Gasteiger partial charge in [-0.25, -0.2) is 9.69 Å². The molecule has 7 nitrogen and oxygen atoms in total. The molecule has 3 aromatic rings. The van der Waals surface area contributed by atoms with E-state index in [1.54, 1.807) is 42.5 Å². The molecule has 118 valence electrons. The fourth-order valence-electron chi connectivity index (χ4n) is 2.82. The largest absolute Gasteiger partial charge is 0.464 e. The summed E-state index contributed by atoms with van der Waals surface area (Å²) in [6, 6.07) is 11.5. The molecule has 7 heteroatoms. The van der Waals surface area contributed by atoms with Crippen molar-refractivity contribution in [3.8, 4) is 0 Å². The van der Waals surface area contributed by atoms with E-state index in [0.29, 0.717) is 27.7 Å². The number of fused-ring (bicyclic) bond motifs is 2. The topological polar surface area (TPSA) is 92.4 Å². The zero-order valence-corrected chi connectivity index (χ0v) is 12.6. The van der Waals surface area contributed by atoms with Gasteiger partial charge in [-0.05, 0) is 30.3 Å². The van der Waals surface area contributed by atoms with Crippen molar-refractivity contribution in [2.75, 3.05) is 12.0 Å². The Morgan fingerprint density at radius 3 is 2.38 bits per heavy atom. The summed E-state index contributed by atoms with van der Waals surface area (Å²) >= 11 is 0. The number of nitrogens with one attached hydrogen (secondary N) is 1. The van der Waals surface area contributed by atoms with Crippen LogP contribution in [-0.2, 0) is 4.74 Å². The average molecular weight is 321 g/mol. The van der Waals surface area contributed by atoms with Crippen LogP contribution in [0.15, 0.2) is 42.5 Å². The summed E-state index contributed by atoms with van der Waals surface area (Å²) in [4.78, 5) is 38.0. The molecule has 0 atom stereocenters. The second-order valence-corrected chi connectivity index (χ2v) is 5.28. The average Bonchev–Trinajstić information content (AvgIpc) is 3.14. The highest BCUT2D eigenvalue weighted by Crippen LogP contribution is 2.30. The molecular weight excluding hydrogens is 310 g/mol. The first-order valence-corrected chi connectivity index (χ1v) is 7.16. The van der Waals surface area contributed by atoms with Crippen molar-refractivity contribution in [3.05, 3.63) is 59.3 Å². The summed E-state index contributed by atoms with van der Waals surface area (Å²) in [5.41, 5.74) is 1.81. The van der Waals surface area contributed by atoms with Gasteiger partial charge in [0.05, 0.1) is 29.4 Å². The molecule has 0 aliphatic carbocycles. The second kappa shape index (κ2) is 5.02. The number of hydrogen-bond acceptors (Lipinski definition) is 5. The van der Waals surface area contributed by atoms with Gasteiger partial charge in [-0.3, -0.25) is 14.7 Å². The van der Waals surface area contributed by atoms with Crippen molar-refractivity contribution in [2.24, 2.45) is 0 Å². The van der Waals surface area contributed by atoms with Crippen molar-refractivity contribution < 1.29 is 19.1 Å². The summed E-state index contributed by atoms with van der Waals surface area (Å²) in [6.07, 6.45) is 0. The van der Waals surface area contributed by atoms with Gasteiger partial charge in [0.15, 0.2) is 5.69 Å². The number of H-pyrrole nitrogens is 1. The molecule has 0 bridgehead atoms. The van der Waals surface area contributed by atoms with Crippen molar-refractivity contribution in [3.63, 3.8) is 0 Å².